The number of thiocarbonyl (C=S) groups is 1. The van der Waals surface area contributed by atoms with E-state index < -0.39 is 0 Å². The molecule has 0 spiro atoms. The molecule has 0 unspecified atom stereocenters. The van der Waals surface area contributed by atoms with Gasteiger partial charge < -0.3 is 9.30 Å². The highest BCUT2D eigenvalue weighted by molar-refractivity contribution is 7.80. The smallest absolute Gasteiger partial charge is 0.128 e. The fourth-order valence-corrected chi connectivity index (χ4v) is 4.44. The molecule has 3 heteroatoms. The third-order valence-corrected chi connectivity index (χ3v) is 6.21. The van der Waals surface area contributed by atoms with Crippen LogP contribution in [0.4, 0.5) is 0 Å². The quantitative estimate of drug-likeness (QED) is 0.230. The second kappa shape index (κ2) is 9.07. The first-order chi connectivity index (χ1) is 14.9. The maximum absolute atomic E-state index is 6.28. The maximum Gasteiger partial charge on any atom is 0.128 e. The molecule has 0 bridgehead atoms. The van der Waals surface area contributed by atoms with E-state index in [0.29, 0.717) is 12.5 Å². The number of fused-ring (bicyclic) bond motifs is 1. The first kappa shape index (κ1) is 21.3. The Bertz CT molecular complexity index is 1220. The first-order valence-electron chi connectivity index (χ1n) is 10.8. The number of rotatable bonds is 7. The summed E-state index contributed by atoms with van der Waals surface area (Å²) in [5.74, 6) is 1.31. The van der Waals surface area contributed by atoms with Crippen LogP contribution in [-0.2, 0) is 20.1 Å². The van der Waals surface area contributed by atoms with Crippen LogP contribution in [-0.4, -0.2) is 9.43 Å². The molecule has 2 nitrogen and oxygen atoms in total. The monoisotopic (exact) mass is 427 g/mol. The normalized spacial score (nSPS) is 11.3. The largest absolute Gasteiger partial charge is 0.488 e. The van der Waals surface area contributed by atoms with E-state index in [1.54, 1.807) is 0 Å². The average molecular weight is 428 g/mol. The highest BCUT2D eigenvalue weighted by Gasteiger charge is 2.16. The fourth-order valence-electron chi connectivity index (χ4n) is 4.11. The van der Waals surface area contributed by atoms with Crippen LogP contribution in [0.5, 0.6) is 5.75 Å². The number of benzene rings is 3. The molecule has 0 radical (unpaired) electrons. The van der Waals surface area contributed by atoms with Crippen molar-refractivity contribution in [1.29, 1.82) is 0 Å². The molecule has 4 aromatic rings. The Morgan fingerprint density at radius 2 is 1.74 bits per heavy atom. The Labute approximate surface area is 190 Å². The van der Waals surface area contributed by atoms with Gasteiger partial charge >= 0.3 is 0 Å². The SMILES string of the molecule is Cc1cc(OCc2ccccc2)c(C(=S)Cc2ccc3c(ccn3C)c2)cc1C(C)C. The maximum atomic E-state index is 6.28. The molecule has 4 rings (SSSR count). The van der Waals surface area contributed by atoms with Gasteiger partial charge in [-0.05, 0) is 70.8 Å². The molecular weight excluding hydrogens is 398 g/mol. The summed E-state index contributed by atoms with van der Waals surface area (Å²) in [6, 6.07) is 23.4. The molecule has 0 saturated heterocycles. The van der Waals surface area contributed by atoms with Gasteiger partial charge in [0.15, 0.2) is 0 Å². The van der Waals surface area contributed by atoms with E-state index >= 15 is 0 Å². The molecule has 0 saturated carbocycles. The Hall–Kier alpha value is -2.91. The standard InChI is InChI=1S/C28H29NOS/c1-19(2)24-17-25(27(14-20(24)3)30-18-21-8-6-5-7-9-21)28(31)16-22-10-11-26-23(15-22)12-13-29(26)4/h5-15,17,19H,16,18H2,1-4H3. The molecule has 0 atom stereocenters. The van der Waals surface area contributed by atoms with Gasteiger partial charge in [0.05, 0.1) is 0 Å². The molecule has 0 aliphatic carbocycles. The predicted octanol–water partition coefficient (Wildman–Crippen LogP) is 7.15. The molecule has 1 heterocycles. The van der Waals surface area contributed by atoms with Gasteiger partial charge in [0.1, 0.15) is 12.4 Å². The molecule has 0 aliphatic heterocycles. The molecule has 158 valence electrons. The average Bonchev–Trinajstić information content (AvgIpc) is 3.12. The summed E-state index contributed by atoms with van der Waals surface area (Å²) in [4.78, 5) is 0.917. The number of nitrogens with zero attached hydrogens (tertiary/aromatic N) is 1. The lowest BCUT2D eigenvalue weighted by atomic mass is 9.92. The van der Waals surface area contributed by atoms with Crippen molar-refractivity contribution >= 4 is 28.0 Å². The molecule has 1 aromatic heterocycles. The Kier molecular flexibility index (Phi) is 6.24. The predicted molar refractivity (Wildman–Crippen MR) is 134 cm³/mol. The third kappa shape index (κ3) is 4.72. The topological polar surface area (TPSA) is 14.2 Å². The van der Waals surface area contributed by atoms with Gasteiger partial charge in [0.2, 0.25) is 0 Å². The third-order valence-electron chi connectivity index (χ3n) is 5.84. The zero-order valence-electron chi connectivity index (χ0n) is 18.7. The van der Waals surface area contributed by atoms with Gasteiger partial charge in [-0.25, -0.2) is 0 Å². The number of hydrogen-bond acceptors (Lipinski definition) is 2. The summed E-state index contributed by atoms with van der Waals surface area (Å²) >= 11 is 5.95. The van der Waals surface area contributed by atoms with Gasteiger partial charge in [-0.15, -0.1) is 0 Å². The van der Waals surface area contributed by atoms with E-state index in [1.807, 2.05) is 18.2 Å². The van der Waals surface area contributed by atoms with Crippen LogP contribution in [0.2, 0.25) is 0 Å². The molecule has 0 amide bonds. The van der Waals surface area contributed by atoms with Gasteiger partial charge in [0.25, 0.3) is 0 Å². The van der Waals surface area contributed by atoms with Crippen molar-refractivity contribution in [3.8, 4) is 5.75 Å². The van der Waals surface area contributed by atoms with Crippen LogP contribution in [0, 0.1) is 6.92 Å². The van der Waals surface area contributed by atoms with Crippen LogP contribution < -0.4 is 4.74 Å². The van der Waals surface area contributed by atoms with E-state index in [9.17, 15) is 0 Å². The van der Waals surface area contributed by atoms with E-state index in [2.05, 4.69) is 87.1 Å². The number of aromatic nitrogens is 1. The van der Waals surface area contributed by atoms with Crippen LogP contribution in [0.1, 0.15) is 47.6 Å². The Morgan fingerprint density at radius 3 is 2.48 bits per heavy atom. The first-order valence-corrected chi connectivity index (χ1v) is 11.2. The van der Waals surface area contributed by atoms with Crippen molar-refractivity contribution in [1.82, 2.24) is 4.57 Å². The van der Waals surface area contributed by atoms with E-state index in [1.165, 1.54) is 27.6 Å². The van der Waals surface area contributed by atoms with Crippen LogP contribution >= 0.6 is 12.2 Å². The van der Waals surface area contributed by atoms with Crippen molar-refractivity contribution in [3.05, 3.63) is 101 Å². The lowest BCUT2D eigenvalue weighted by Gasteiger charge is -2.18. The lowest BCUT2D eigenvalue weighted by molar-refractivity contribution is 0.305. The van der Waals surface area contributed by atoms with Crippen molar-refractivity contribution in [3.63, 3.8) is 0 Å². The number of hydrogen-bond donors (Lipinski definition) is 0. The van der Waals surface area contributed by atoms with Gasteiger partial charge in [0, 0.05) is 35.6 Å². The van der Waals surface area contributed by atoms with E-state index in [0.717, 1.165) is 28.2 Å². The number of aryl methyl sites for hydroxylation is 2. The summed E-state index contributed by atoms with van der Waals surface area (Å²) in [7, 11) is 2.07. The zero-order valence-corrected chi connectivity index (χ0v) is 19.5. The lowest BCUT2D eigenvalue weighted by Crippen LogP contribution is -2.09. The molecular formula is C28H29NOS. The molecule has 3 aromatic carbocycles. The van der Waals surface area contributed by atoms with E-state index in [4.69, 9.17) is 17.0 Å². The van der Waals surface area contributed by atoms with Crippen LogP contribution in [0.3, 0.4) is 0 Å². The van der Waals surface area contributed by atoms with Crippen molar-refractivity contribution in [2.24, 2.45) is 7.05 Å². The molecule has 31 heavy (non-hydrogen) atoms. The minimum Gasteiger partial charge on any atom is -0.488 e. The van der Waals surface area contributed by atoms with Gasteiger partial charge in [-0.3, -0.25) is 0 Å². The molecule has 0 aliphatic rings. The van der Waals surface area contributed by atoms with E-state index in [-0.39, 0.29) is 0 Å². The molecule has 0 fully saturated rings. The minimum atomic E-state index is 0.436. The minimum absolute atomic E-state index is 0.436. The van der Waals surface area contributed by atoms with Crippen molar-refractivity contribution in [2.45, 2.75) is 39.7 Å². The van der Waals surface area contributed by atoms with Gasteiger partial charge in [-0.2, -0.15) is 0 Å². The summed E-state index contributed by atoms with van der Waals surface area (Å²) in [5.41, 5.74) is 7.22. The van der Waals surface area contributed by atoms with Crippen molar-refractivity contribution < 1.29 is 4.74 Å². The van der Waals surface area contributed by atoms with Crippen LogP contribution in [0.25, 0.3) is 10.9 Å². The fraction of sp³-hybridized carbons (Fsp3) is 0.250. The summed E-state index contributed by atoms with van der Waals surface area (Å²) in [6.45, 7) is 7.14. The van der Waals surface area contributed by atoms with Crippen LogP contribution in [0.15, 0.2) is 72.9 Å². The highest BCUT2D eigenvalue weighted by Crippen LogP contribution is 2.30. The Morgan fingerprint density at radius 1 is 0.968 bits per heavy atom. The molecule has 0 N–H and O–H groups in total. The van der Waals surface area contributed by atoms with Crippen molar-refractivity contribution in [2.75, 3.05) is 0 Å². The Balaban J connectivity index is 1.64. The number of ether oxygens (including phenoxy) is 1. The summed E-state index contributed by atoms with van der Waals surface area (Å²) in [5, 5.41) is 1.25. The summed E-state index contributed by atoms with van der Waals surface area (Å²) < 4.78 is 8.42. The second-order valence-electron chi connectivity index (χ2n) is 8.55. The zero-order chi connectivity index (χ0) is 22.0. The van der Waals surface area contributed by atoms with Gasteiger partial charge in [-0.1, -0.05) is 62.5 Å². The highest BCUT2D eigenvalue weighted by atomic mass is 32.1. The summed E-state index contributed by atoms with van der Waals surface area (Å²) in [6.07, 6.45) is 2.82. The second-order valence-corrected chi connectivity index (χ2v) is 9.05.